The highest BCUT2D eigenvalue weighted by Crippen LogP contribution is 2.24. The van der Waals surface area contributed by atoms with Crippen molar-refractivity contribution in [1.29, 1.82) is 0 Å². The lowest BCUT2D eigenvalue weighted by Gasteiger charge is -2.11. The lowest BCUT2D eigenvalue weighted by Crippen LogP contribution is -2.26. The quantitative estimate of drug-likeness (QED) is 0.799. The summed E-state index contributed by atoms with van der Waals surface area (Å²) < 4.78 is 40.0. The van der Waals surface area contributed by atoms with Crippen LogP contribution < -0.4 is 4.72 Å². The molecule has 0 amide bonds. The van der Waals surface area contributed by atoms with E-state index in [-0.39, 0.29) is 22.0 Å². The average Bonchev–Trinajstić information content (AvgIpc) is 2.41. The molecule has 1 unspecified atom stereocenters. The van der Waals surface area contributed by atoms with Crippen LogP contribution in [0.25, 0.3) is 0 Å². The number of thioether (sulfide) groups is 1. The predicted octanol–water partition coefficient (Wildman–Crippen LogP) is 2.39. The van der Waals surface area contributed by atoms with Crippen molar-refractivity contribution in [1.82, 2.24) is 4.72 Å². The van der Waals surface area contributed by atoms with E-state index in [1.807, 2.05) is 13.2 Å². The largest absolute Gasteiger partial charge is 0.392 e. The van der Waals surface area contributed by atoms with Gasteiger partial charge in [0.1, 0.15) is 5.82 Å². The molecule has 4 nitrogen and oxygen atoms in total. The summed E-state index contributed by atoms with van der Waals surface area (Å²) in [6, 6.07) is 2.02. The van der Waals surface area contributed by atoms with E-state index in [4.69, 9.17) is 16.7 Å². The third-order valence-corrected chi connectivity index (χ3v) is 5.71. The van der Waals surface area contributed by atoms with Crippen molar-refractivity contribution in [2.75, 3.05) is 12.8 Å². The molecule has 0 saturated carbocycles. The fraction of sp³-hybridized carbons (Fsp3) is 0.500. The fourth-order valence-corrected chi connectivity index (χ4v) is 3.12. The van der Waals surface area contributed by atoms with E-state index in [0.29, 0.717) is 11.7 Å². The molecule has 0 aliphatic carbocycles. The number of benzene rings is 1. The first kappa shape index (κ1) is 17.7. The highest BCUT2D eigenvalue weighted by atomic mass is 35.5. The molecule has 1 atom stereocenters. The van der Waals surface area contributed by atoms with Crippen LogP contribution in [-0.4, -0.2) is 31.6 Å². The van der Waals surface area contributed by atoms with Gasteiger partial charge in [0.15, 0.2) is 0 Å². The van der Waals surface area contributed by atoms with Crippen molar-refractivity contribution in [3.8, 4) is 0 Å². The number of sulfonamides is 1. The highest BCUT2D eigenvalue weighted by molar-refractivity contribution is 7.99. The van der Waals surface area contributed by atoms with Crippen molar-refractivity contribution in [3.63, 3.8) is 0 Å². The standard InChI is InChI=1S/C12H17ClFNO3S2/c1-8(19-2)3-4-15-20(17,18)10-5-9(7-16)12(13)11(14)6-10/h5-6,8,15-16H,3-4,7H2,1-2H3. The third-order valence-electron chi connectivity index (χ3n) is 2.80. The molecule has 20 heavy (non-hydrogen) atoms. The Bertz CT molecular complexity index is 566. The molecule has 0 saturated heterocycles. The molecule has 0 heterocycles. The Labute approximate surface area is 127 Å². The van der Waals surface area contributed by atoms with Gasteiger partial charge in [-0.25, -0.2) is 17.5 Å². The maximum Gasteiger partial charge on any atom is 0.240 e. The number of nitrogens with one attached hydrogen (secondary N) is 1. The number of hydrogen-bond donors (Lipinski definition) is 2. The summed E-state index contributed by atoms with van der Waals surface area (Å²) in [5.41, 5.74) is 0.0459. The van der Waals surface area contributed by atoms with Crippen LogP contribution in [0.1, 0.15) is 18.9 Å². The molecule has 0 fully saturated rings. The van der Waals surface area contributed by atoms with Crippen molar-refractivity contribution >= 4 is 33.4 Å². The Morgan fingerprint density at radius 2 is 2.15 bits per heavy atom. The molecule has 0 aromatic heterocycles. The van der Waals surface area contributed by atoms with Gasteiger partial charge in [-0.1, -0.05) is 18.5 Å². The lowest BCUT2D eigenvalue weighted by molar-refractivity contribution is 0.281. The SMILES string of the molecule is CSC(C)CCNS(=O)(=O)c1cc(F)c(Cl)c(CO)c1. The van der Waals surface area contributed by atoms with Gasteiger partial charge in [-0.2, -0.15) is 11.8 Å². The van der Waals surface area contributed by atoms with Gasteiger partial charge in [0.2, 0.25) is 10.0 Å². The summed E-state index contributed by atoms with van der Waals surface area (Å²) in [4.78, 5) is -0.236. The molecule has 0 aliphatic heterocycles. The molecular formula is C12H17ClFNO3S2. The highest BCUT2D eigenvalue weighted by Gasteiger charge is 2.18. The zero-order valence-corrected chi connectivity index (χ0v) is 13.6. The van der Waals surface area contributed by atoms with Gasteiger partial charge in [-0.05, 0) is 24.8 Å². The fourth-order valence-electron chi connectivity index (χ4n) is 1.49. The zero-order chi connectivity index (χ0) is 15.3. The molecule has 1 rings (SSSR count). The molecular weight excluding hydrogens is 325 g/mol. The zero-order valence-electron chi connectivity index (χ0n) is 11.2. The molecule has 114 valence electrons. The number of halogens is 2. The maximum absolute atomic E-state index is 13.5. The third kappa shape index (κ3) is 4.60. The summed E-state index contributed by atoms with van der Waals surface area (Å²) in [5, 5.41) is 9.11. The predicted molar refractivity (Wildman–Crippen MR) is 80.1 cm³/mol. The van der Waals surface area contributed by atoms with E-state index in [1.54, 1.807) is 11.8 Å². The second-order valence-electron chi connectivity index (χ2n) is 4.27. The van der Waals surface area contributed by atoms with Crippen LogP contribution in [-0.2, 0) is 16.6 Å². The molecule has 0 spiro atoms. The van der Waals surface area contributed by atoms with Gasteiger partial charge in [-0.15, -0.1) is 0 Å². The van der Waals surface area contributed by atoms with E-state index < -0.39 is 22.4 Å². The number of rotatable bonds is 7. The van der Waals surface area contributed by atoms with E-state index >= 15 is 0 Å². The Morgan fingerprint density at radius 1 is 1.50 bits per heavy atom. The van der Waals surface area contributed by atoms with Crippen LogP contribution in [0.2, 0.25) is 5.02 Å². The van der Waals surface area contributed by atoms with Crippen molar-refractivity contribution in [3.05, 3.63) is 28.5 Å². The van der Waals surface area contributed by atoms with Crippen LogP contribution in [0.5, 0.6) is 0 Å². The molecule has 0 bridgehead atoms. The smallest absolute Gasteiger partial charge is 0.240 e. The minimum Gasteiger partial charge on any atom is -0.392 e. The topological polar surface area (TPSA) is 66.4 Å². The van der Waals surface area contributed by atoms with E-state index in [9.17, 15) is 12.8 Å². The first-order valence-electron chi connectivity index (χ1n) is 5.93. The van der Waals surface area contributed by atoms with E-state index in [1.165, 1.54) is 6.07 Å². The molecule has 1 aromatic carbocycles. The summed E-state index contributed by atoms with van der Waals surface area (Å²) in [7, 11) is -3.81. The van der Waals surface area contributed by atoms with Crippen molar-refractivity contribution in [2.45, 2.75) is 30.1 Å². The Balaban J connectivity index is 2.90. The Morgan fingerprint density at radius 3 is 2.70 bits per heavy atom. The number of aliphatic hydroxyl groups is 1. The molecule has 0 radical (unpaired) electrons. The molecule has 8 heteroatoms. The minimum absolute atomic E-state index is 0.0459. The van der Waals surface area contributed by atoms with E-state index in [0.717, 1.165) is 6.07 Å². The Kier molecular flexibility index (Phi) is 6.74. The van der Waals surface area contributed by atoms with Crippen LogP contribution in [0.3, 0.4) is 0 Å². The summed E-state index contributed by atoms with van der Waals surface area (Å²) in [6.07, 6.45) is 2.62. The summed E-state index contributed by atoms with van der Waals surface area (Å²) >= 11 is 7.26. The van der Waals surface area contributed by atoms with Crippen LogP contribution in [0, 0.1) is 5.82 Å². The second-order valence-corrected chi connectivity index (χ2v) is 7.69. The lowest BCUT2D eigenvalue weighted by atomic mass is 10.2. The molecule has 2 N–H and O–H groups in total. The van der Waals surface area contributed by atoms with Gasteiger partial charge in [0.25, 0.3) is 0 Å². The molecule has 0 aliphatic rings. The molecule has 1 aromatic rings. The van der Waals surface area contributed by atoms with Crippen LogP contribution in [0.4, 0.5) is 4.39 Å². The average molecular weight is 342 g/mol. The first-order chi connectivity index (χ1) is 9.31. The second kappa shape index (κ2) is 7.61. The maximum atomic E-state index is 13.5. The summed E-state index contributed by atoms with van der Waals surface area (Å²) in [6.45, 7) is 1.73. The Hall–Kier alpha value is -0.340. The number of hydrogen-bond acceptors (Lipinski definition) is 4. The first-order valence-corrected chi connectivity index (χ1v) is 9.08. The van der Waals surface area contributed by atoms with Crippen molar-refractivity contribution < 1.29 is 17.9 Å². The van der Waals surface area contributed by atoms with Gasteiger partial charge in [0.05, 0.1) is 16.5 Å². The van der Waals surface area contributed by atoms with Gasteiger partial charge < -0.3 is 5.11 Å². The normalized spacial score (nSPS) is 13.4. The van der Waals surface area contributed by atoms with Crippen LogP contribution >= 0.6 is 23.4 Å². The number of aliphatic hydroxyl groups excluding tert-OH is 1. The summed E-state index contributed by atoms with van der Waals surface area (Å²) in [5.74, 6) is -0.865. The van der Waals surface area contributed by atoms with Crippen LogP contribution in [0.15, 0.2) is 17.0 Å². The van der Waals surface area contributed by atoms with Gasteiger partial charge >= 0.3 is 0 Å². The minimum atomic E-state index is -3.81. The van der Waals surface area contributed by atoms with E-state index in [2.05, 4.69) is 4.72 Å². The van der Waals surface area contributed by atoms with Crippen molar-refractivity contribution in [2.24, 2.45) is 0 Å². The van der Waals surface area contributed by atoms with Gasteiger partial charge in [0, 0.05) is 17.4 Å². The van der Waals surface area contributed by atoms with Gasteiger partial charge in [-0.3, -0.25) is 0 Å². The monoisotopic (exact) mass is 341 g/mol.